The molecule has 1 aliphatic rings. The van der Waals surface area contributed by atoms with Gasteiger partial charge in [-0.15, -0.1) is 0 Å². The molecular formula is C15H11ClN2O3. The number of hydrogen-bond donors (Lipinski definition) is 2. The second-order valence-corrected chi connectivity index (χ2v) is 4.96. The molecule has 2 aromatic carbocycles. The molecule has 6 heteroatoms. The van der Waals surface area contributed by atoms with Gasteiger partial charge in [-0.1, -0.05) is 17.7 Å². The van der Waals surface area contributed by atoms with Crippen LogP contribution in [0.5, 0.6) is 5.75 Å². The number of hydrogen-bond acceptors (Lipinski definition) is 4. The monoisotopic (exact) mass is 302 g/mol. The van der Waals surface area contributed by atoms with Crippen molar-refractivity contribution < 1.29 is 14.3 Å². The topological polar surface area (TPSA) is 81.4 Å². The van der Waals surface area contributed by atoms with Crippen molar-refractivity contribution in [2.24, 2.45) is 0 Å². The first-order chi connectivity index (χ1) is 10.1. The van der Waals surface area contributed by atoms with E-state index in [2.05, 4.69) is 5.32 Å². The zero-order chi connectivity index (χ0) is 15.0. The maximum absolute atomic E-state index is 12.5. The number of fused-ring (bicyclic) bond motifs is 1. The van der Waals surface area contributed by atoms with Gasteiger partial charge in [0.1, 0.15) is 5.75 Å². The zero-order valence-corrected chi connectivity index (χ0v) is 11.6. The summed E-state index contributed by atoms with van der Waals surface area (Å²) >= 11 is 6.06. The second-order valence-electron chi connectivity index (χ2n) is 4.59. The lowest BCUT2D eigenvalue weighted by Gasteiger charge is -2.18. The molecule has 2 aromatic rings. The van der Waals surface area contributed by atoms with Crippen LogP contribution in [0.1, 0.15) is 15.9 Å². The smallest absolute Gasteiger partial charge is 0.262 e. The van der Waals surface area contributed by atoms with Gasteiger partial charge in [0.2, 0.25) is 0 Å². The van der Waals surface area contributed by atoms with Crippen molar-refractivity contribution in [3.8, 4) is 5.75 Å². The first-order valence-corrected chi connectivity index (χ1v) is 6.59. The average molecular weight is 303 g/mol. The van der Waals surface area contributed by atoms with Crippen LogP contribution in [-0.2, 0) is 4.79 Å². The van der Waals surface area contributed by atoms with Gasteiger partial charge in [0, 0.05) is 11.1 Å². The average Bonchev–Trinajstić information content (AvgIpc) is 2.48. The SMILES string of the molecule is Nc1cccc(C(=O)c2ccc3c(c2)NC(=O)CO3)c1Cl. The Labute approximate surface area is 125 Å². The van der Waals surface area contributed by atoms with E-state index in [-0.39, 0.29) is 23.3 Å². The summed E-state index contributed by atoms with van der Waals surface area (Å²) in [4.78, 5) is 23.8. The molecule has 3 N–H and O–H groups in total. The molecule has 0 spiro atoms. The fourth-order valence-corrected chi connectivity index (χ4v) is 2.32. The van der Waals surface area contributed by atoms with E-state index >= 15 is 0 Å². The van der Waals surface area contributed by atoms with Crippen molar-refractivity contribution in [1.82, 2.24) is 0 Å². The lowest BCUT2D eigenvalue weighted by molar-refractivity contribution is -0.118. The number of rotatable bonds is 2. The molecule has 3 rings (SSSR count). The van der Waals surface area contributed by atoms with Gasteiger partial charge in [-0.25, -0.2) is 0 Å². The number of amides is 1. The van der Waals surface area contributed by atoms with Gasteiger partial charge in [-0.2, -0.15) is 0 Å². The van der Waals surface area contributed by atoms with Crippen LogP contribution in [0.2, 0.25) is 5.02 Å². The predicted molar refractivity (Wildman–Crippen MR) is 79.9 cm³/mol. The molecule has 0 bridgehead atoms. The van der Waals surface area contributed by atoms with Crippen LogP contribution in [0.15, 0.2) is 36.4 Å². The Hall–Kier alpha value is -2.53. The Bertz CT molecular complexity index is 759. The standard InChI is InChI=1S/C15H11ClN2O3/c16-14-9(2-1-3-10(14)17)15(20)8-4-5-12-11(6-8)18-13(19)7-21-12/h1-6H,7,17H2,(H,18,19). The summed E-state index contributed by atoms with van der Waals surface area (Å²) in [5.74, 6) is 0.00818. The van der Waals surface area contributed by atoms with Gasteiger partial charge < -0.3 is 15.8 Å². The molecule has 5 nitrogen and oxygen atoms in total. The van der Waals surface area contributed by atoms with E-state index < -0.39 is 0 Å². The number of ether oxygens (including phenoxy) is 1. The molecule has 1 aliphatic heterocycles. The molecule has 1 amide bonds. The van der Waals surface area contributed by atoms with Crippen LogP contribution in [0.25, 0.3) is 0 Å². The summed E-state index contributed by atoms with van der Waals surface area (Å²) in [5, 5.41) is 2.88. The van der Waals surface area contributed by atoms with Crippen molar-refractivity contribution in [2.45, 2.75) is 0 Å². The highest BCUT2D eigenvalue weighted by Gasteiger charge is 2.20. The maximum atomic E-state index is 12.5. The maximum Gasteiger partial charge on any atom is 0.262 e. The fraction of sp³-hybridized carbons (Fsp3) is 0.0667. The van der Waals surface area contributed by atoms with Gasteiger partial charge in [-0.05, 0) is 30.3 Å². The number of carbonyl (C=O) groups excluding carboxylic acids is 2. The quantitative estimate of drug-likeness (QED) is 0.659. The summed E-state index contributed by atoms with van der Waals surface area (Å²) in [7, 11) is 0. The molecule has 0 saturated heterocycles. The highest BCUT2D eigenvalue weighted by Crippen LogP contribution is 2.31. The van der Waals surface area contributed by atoms with Gasteiger partial charge in [0.05, 0.1) is 16.4 Å². The summed E-state index contributed by atoms with van der Waals surface area (Å²) in [5.41, 5.74) is 7.23. The molecule has 0 saturated carbocycles. The van der Waals surface area contributed by atoms with Crippen LogP contribution < -0.4 is 15.8 Å². The number of carbonyl (C=O) groups is 2. The molecule has 106 valence electrons. The van der Waals surface area contributed by atoms with Crippen LogP contribution in [-0.4, -0.2) is 18.3 Å². The molecule has 1 heterocycles. The van der Waals surface area contributed by atoms with Gasteiger partial charge in [0.15, 0.2) is 12.4 Å². The molecule has 0 atom stereocenters. The molecule has 0 fully saturated rings. The third-order valence-corrected chi connectivity index (χ3v) is 3.57. The van der Waals surface area contributed by atoms with E-state index in [1.165, 1.54) is 0 Å². The van der Waals surface area contributed by atoms with Crippen molar-refractivity contribution in [1.29, 1.82) is 0 Å². The third-order valence-electron chi connectivity index (χ3n) is 3.15. The van der Waals surface area contributed by atoms with Crippen LogP contribution in [0, 0.1) is 0 Å². The summed E-state index contributed by atoms with van der Waals surface area (Å²) < 4.78 is 5.25. The number of nitrogens with two attached hydrogens (primary N) is 1. The van der Waals surface area contributed by atoms with Crippen molar-refractivity contribution in [3.05, 3.63) is 52.5 Å². The number of anilines is 2. The van der Waals surface area contributed by atoms with Crippen LogP contribution in [0.4, 0.5) is 11.4 Å². The van der Waals surface area contributed by atoms with Crippen molar-refractivity contribution in [2.75, 3.05) is 17.7 Å². The minimum atomic E-state index is -0.269. The van der Waals surface area contributed by atoms with Gasteiger partial charge >= 0.3 is 0 Å². The third kappa shape index (κ3) is 2.43. The normalized spacial score (nSPS) is 13.1. The summed E-state index contributed by atoms with van der Waals surface area (Å²) in [6.45, 7) is -0.0264. The van der Waals surface area contributed by atoms with E-state index in [1.54, 1.807) is 36.4 Å². The van der Waals surface area contributed by atoms with Gasteiger partial charge in [0.25, 0.3) is 5.91 Å². The minimum Gasteiger partial charge on any atom is -0.482 e. The Morgan fingerprint density at radius 2 is 2.10 bits per heavy atom. The molecule has 0 radical (unpaired) electrons. The number of nitrogen functional groups attached to an aromatic ring is 1. The zero-order valence-electron chi connectivity index (χ0n) is 10.9. The Morgan fingerprint density at radius 1 is 1.29 bits per heavy atom. The van der Waals surface area contributed by atoms with E-state index in [0.717, 1.165) is 0 Å². The predicted octanol–water partition coefficient (Wildman–Crippen LogP) is 2.48. The van der Waals surface area contributed by atoms with Gasteiger partial charge in [-0.3, -0.25) is 9.59 Å². The first kappa shape index (κ1) is 13.5. The summed E-state index contributed by atoms with van der Waals surface area (Å²) in [6.07, 6.45) is 0. The van der Waals surface area contributed by atoms with E-state index in [0.29, 0.717) is 28.3 Å². The lowest BCUT2D eigenvalue weighted by Crippen LogP contribution is -2.25. The lowest BCUT2D eigenvalue weighted by atomic mass is 10.0. The van der Waals surface area contributed by atoms with Crippen molar-refractivity contribution >= 4 is 34.7 Å². The number of nitrogens with one attached hydrogen (secondary N) is 1. The summed E-state index contributed by atoms with van der Waals surface area (Å²) in [6, 6.07) is 9.72. The molecular weight excluding hydrogens is 292 g/mol. The van der Waals surface area contributed by atoms with E-state index in [1.807, 2.05) is 0 Å². The molecule has 0 aliphatic carbocycles. The fourth-order valence-electron chi connectivity index (χ4n) is 2.11. The number of benzene rings is 2. The van der Waals surface area contributed by atoms with Crippen LogP contribution in [0.3, 0.4) is 0 Å². The Balaban J connectivity index is 2.01. The molecule has 0 unspecified atom stereocenters. The Morgan fingerprint density at radius 3 is 2.90 bits per heavy atom. The Kier molecular flexibility index (Phi) is 3.27. The largest absolute Gasteiger partial charge is 0.482 e. The molecule has 0 aromatic heterocycles. The van der Waals surface area contributed by atoms with E-state index in [4.69, 9.17) is 22.1 Å². The highest BCUT2D eigenvalue weighted by atomic mass is 35.5. The second kappa shape index (κ2) is 5.10. The first-order valence-electron chi connectivity index (χ1n) is 6.21. The minimum absolute atomic E-state index is 0.0264. The highest BCUT2D eigenvalue weighted by molar-refractivity contribution is 6.37. The molecule has 21 heavy (non-hydrogen) atoms. The van der Waals surface area contributed by atoms with E-state index in [9.17, 15) is 9.59 Å². The number of ketones is 1. The number of halogens is 1. The van der Waals surface area contributed by atoms with Crippen molar-refractivity contribution in [3.63, 3.8) is 0 Å². The van der Waals surface area contributed by atoms with Crippen LogP contribution >= 0.6 is 11.6 Å².